The molecule has 120 valence electrons. The highest BCUT2D eigenvalue weighted by Crippen LogP contribution is 2.34. The van der Waals surface area contributed by atoms with Crippen molar-refractivity contribution in [1.82, 2.24) is 0 Å². The van der Waals surface area contributed by atoms with Crippen LogP contribution in [-0.2, 0) is 6.42 Å². The summed E-state index contributed by atoms with van der Waals surface area (Å²) in [5, 5.41) is 8.84. The van der Waals surface area contributed by atoms with E-state index in [0.717, 1.165) is 39.5 Å². The largest absolute Gasteiger partial charge is 0.496 e. The van der Waals surface area contributed by atoms with Crippen LogP contribution in [0.15, 0.2) is 30.3 Å². The number of nitriles is 1. The first-order valence-electron chi connectivity index (χ1n) is 7.79. The normalized spacial score (nSPS) is 10.5. The Morgan fingerprint density at radius 3 is 2.26 bits per heavy atom. The molecule has 2 rings (SSSR count). The van der Waals surface area contributed by atoms with Gasteiger partial charge in [-0.05, 0) is 54.7 Å². The van der Waals surface area contributed by atoms with Gasteiger partial charge in [0.25, 0.3) is 0 Å². The lowest BCUT2D eigenvalue weighted by atomic mass is 10.0. The van der Waals surface area contributed by atoms with Gasteiger partial charge in [-0.3, -0.25) is 0 Å². The Morgan fingerprint density at radius 2 is 1.74 bits per heavy atom. The maximum absolute atomic E-state index is 8.84. The fourth-order valence-electron chi connectivity index (χ4n) is 2.74. The van der Waals surface area contributed by atoms with Crippen molar-refractivity contribution in [3.05, 3.63) is 52.6 Å². The summed E-state index contributed by atoms with van der Waals surface area (Å²) < 4.78 is 11.5. The molecular formula is C20H23NO2. The van der Waals surface area contributed by atoms with Crippen LogP contribution in [0, 0.1) is 25.2 Å². The van der Waals surface area contributed by atoms with E-state index in [-0.39, 0.29) is 0 Å². The zero-order valence-corrected chi connectivity index (χ0v) is 14.4. The van der Waals surface area contributed by atoms with Crippen molar-refractivity contribution in [2.24, 2.45) is 0 Å². The second-order valence-corrected chi connectivity index (χ2v) is 6.05. The summed E-state index contributed by atoms with van der Waals surface area (Å²) >= 11 is 0. The second kappa shape index (κ2) is 7.19. The number of aryl methyl sites for hydroxylation is 2. The Labute approximate surface area is 138 Å². The standard InChI is InChI=1S/C20H23NO2/c1-13(2)18-12-17(6-7-19(18)22-5)23-20-14(3)10-16(8-9-21)11-15(20)4/h6-7,10-13H,8H2,1-5H3. The van der Waals surface area contributed by atoms with E-state index in [1.165, 1.54) is 0 Å². The highest BCUT2D eigenvalue weighted by atomic mass is 16.5. The highest BCUT2D eigenvalue weighted by molar-refractivity contribution is 5.48. The fraction of sp³-hybridized carbons (Fsp3) is 0.350. The van der Waals surface area contributed by atoms with Gasteiger partial charge in [0.05, 0.1) is 19.6 Å². The summed E-state index contributed by atoms with van der Waals surface area (Å²) in [6.45, 7) is 8.29. The van der Waals surface area contributed by atoms with Gasteiger partial charge >= 0.3 is 0 Å². The van der Waals surface area contributed by atoms with Gasteiger partial charge in [0, 0.05) is 5.56 Å². The molecule has 0 atom stereocenters. The molecule has 0 saturated heterocycles. The van der Waals surface area contributed by atoms with Gasteiger partial charge in [-0.15, -0.1) is 0 Å². The van der Waals surface area contributed by atoms with Gasteiger partial charge in [0.15, 0.2) is 0 Å². The van der Waals surface area contributed by atoms with Crippen molar-refractivity contribution in [1.29, 1.82) is 5.26 Å². The predicted octanol–water partition coefficient (Wildman–Crippen LogP) is 5.29. The summed E-state index contributed by atoms with van der Waals surface area (Å²) in [7, 11) is 1.68. The Bertz CT molecular complexity index is 719. The molecule has 0 saturated carbocycles. The molecule has 0 bridgehead atoms. The van der Waals surface area contributed by atoms with E-state index in [2.05, 4.69) is 19.9 Å². The first kappa shape index (κ1) is 16.9. The van der Waals surface area contributed by atoms with Crippen molar-refractivity contribution in [2.45, 2.75) is 40.0 Å². The number of ether oxygens (including phenoxy) is 2. The van der Waals surface area contributed by atoms with Gasteiger partial charge < -0.3 is 9.47 Å². The van der Waals surface area contributed by atoms with Crippen molar-refractivity contribution in [3.8, 4) is 23.3 Å². The third kappa shape index (κ3) is 3.84. The average Bonchev–Trinajstić information content (AvgIpc) is 2.51. The van der Waals surface area contributed by atoms with Crippen molar-refractivity contribution >= 4 is 0 Å². The Kier molecular flexibility index (Phi) is 5.28. The molecule has 0 amide bonds. The molecule has 0 aliphatic heterocycles. The quantitative estimate of drug-likeness (QED) is 0.753. The first-order chi connectivity index (χ1) is 11.0. The SMILES string of the molecule is COc1ccc(Oc2c(C)cc(CC#N)cc2C)cc1C(C)C. The van der Waals surface area contributed by atoms with E-state index in [4.69, 9.17) is 14.7 Å². The van der Waals surface area contributed by atoms with Crippen molar-refractivity contribution < 1.29 is 9.47 Å². The molecule has 3 heteroatoms. The monoisotopic (exact) mass is 309 g/mol. The number of rotatable bonds is 5. The number of hydrogen-bond donors (Lipinski definition) is 0. The lowest BCUT2D eigenvalue weighted by Crippen LogP contribution is -1.97. The topological polar surface area (TPSA) is 42.2 Å². The smallest absolute Gasteiger partial charge is 0.133 e. The second-order valence-electron chi connectivity index (χ2n) is 6.05. The van der Waals surface area contributed by atoms with Gasteiger partial charge in [-0.25, -0.2) is 0 Å². The number of nitrogens with zero attached hydrogens (tertiary/aromatic N) is 1. The Balaban J connectivity index is 2.36. The van der Waals surface area contributed by atoms with Crippen LogP contribution in [0.5, 0.6) is 17.2 Å². The maximum atomic E-state index is 8.84. The molecule has 0 radical (unpaired) electrons. The van der Waals surface area contributed by atoms with Crippen LogP contribution >= 0.6 is 0 Å². The van der Waals surface area contributed by atoms with Gasteiger partial charge in [-0.2, -0.15) is 5.26 Å². The minimum Gasteiger partial charge on any atom is -0.496 e. The number of hydrogen-bond acceptors (Lipinski definition) is 3. The van der Waals surface area contributed by atoms with E-state index >= 15 is 0 Å². The van der Waals surface area contributed by atoms with Gasteiger partial charge in [-0.1, -0.05) is 26.0 Å². The van der Waals surface area contributed by atoms with E-state index in [1.807, 2.05) is 44.2 Å². The highest BCUT2D eigenvalue weighted by Gasteiger charge is 2.12. The summed E-state index contributed by atoms with van der Waals surface area (Å²) in [4.78, 5) is 0. The summed E-state index contributed by atoms with van der Waals surface area (Å²) in [5.74, 6) is 2.89. The molecule has 2 aromatic carbocycles. The predicted molar refractivity (Wildman–Crippen MR) is 92.4 cm³/mol. The number of methoxy groups -OCH3 is 1. The van der Waals surface area contributed by atoms with Crippen LogP contribution in [0.4, 0.5) is 0 Å². The van der Waals surface area contributed by atoms with Crippen LogP contribution < -0.4 is 9.47 Å². The van der Waals surface area contributed by atoms with E-state index < -0.39 is 0 Å². The lowest BCUT2D eigenvalue weighted by Gasteiger charge is -2.16. The van der Waals surface area contributed by atoms with Gasteiger partial charge in [0.2, 0.25) is 0 Å². The summed E-state index contributed by atoms with van der Waals surface area (Å²) in [5.41, 5.74) is 4.23. The Morgan fingerprint density at radius 1 is 1.09 bits per heavy atom. The number of benzene rings is 2. The molecule has 0 aromatic heterocycles. The molecule has 0 aliphatic rings. The maximum Gasteiger partial charge on any atom is 0.133 e. The molecule has 0 unspecified atom stereocenters. The summed E-state index contributed by atoms with van der Waals surface area (Å²) in [6.07, 6.45) is 0.419. The third-order valence-electron chi connectivity index (χ3n) is 3.85. The van der Waals surface area contributed by atoms with Crippen molar-refractivity contribution in [3.63, 3.8) is 0 Å². The minimum absolute atomic E-state index is 0.355. The summed E-state index contributed by atoms with van der Waals surface area (Å²) in [6, 6.07) is 12.1. The molecule has 0 aliphatic carbocycles. The van der Waals surface area contributed by atoms with Crippen LogP contribution in [0.2, 0.25) is 0 Å². The Hall–Kier alpha value is -2.47. The molecule has 0 heterocycles. The van der Waals surface area contributed by atoms with Crippen LogP contribution in [-0.4, -0.2) is 7.11 Å². The first-order valence-corrected chi connectivity index (χ1v) is 7.79. The minimum atomic E-state index is 0.355. The van der Waals surface area contributed by atoms with Crippen molar-refractivity contribution in [2.75, 3.05) is 7.11 Å². The zero-order valence-electron chi connectivity index (χ0n) is 14.4. The fourth-order valence-corrected chi connectivity index (χ4v) is 2.74. The van der Waals surface area contributed by atoms with Crippen LogP contribution in [0.3, 0.4) is 0 Å². The molecule has 2 aromatic rings. The molecule has 23 heavy (non-hydrogen) atoms. The third-order valence-corrected chi connectivity index (χ3v) is 3.85. The molecular weight excluding hydrogens is 286 g/mol. The average molecular weight is 309 g/mol. The van der Waals surface area contributed by atoms with Gasteiger partial charge in [0.1, 0.15) is 17.2 Å². The molecule has 0 fully saturated rings. The van der Waals surface area contributed by atoms with E-state index in [1.54, 1.807) is 7.11 Å². The molecule has 3 nitrogen and oxygen atoms in total. The lowest BCUT2D eigenvalue weighted by molar-refractivity contribution is 0.405. The van der Waals surface area contributed by atoms with E-state index in [0.29, 0.717) is 12.3 Å². The van der Waals surface area contributed by atoms with Crippen LogP contribution in [0.1, 0.15) is 42.0 Å². The molecule has 0 N–H and O–H groups in total. The van der Waals surface area contributed by atoms with Crippen LogP contribution in [0.25, 0.3) is 0 Å². The molecule has 0 spiro atoms. The zero-order chi connectivity index (χ0) is 17.0. The van der Waals surface area contributed by atoms with E-state index in [9.17, 15) is 0 Å².